The van der Waals surface area contributed by atoms with Crippen molar-refractivity contribution in [3.63, 3.8) is 0 Å². The molecular formula is C57H64Cl2F4N12O10S2. The second-order valence-electron chi connectivity index (χ2n) is 23.6. The van der Waals surface area contributed by atoms with Gasteiger partial charge in [0.05, 0.1) is 56.8 Å². The average molecular weight is 1290 g/mol. The minimum absolute atomic E-state index is 0.0662. The predicted molar refractivity (Wildman–Crippen MR) is 314 cm³/mol. The number of carboxylic acid groups (broad SMARTS) is 2. The third-order valence-electron chi connectivity index (χ3n) is 16.0. The van der Waals surface area contributed by atoms with Crippen LogP contribution in [0.15, 0.2) is 79.9 Å². The first-order valence-corrected chi connectivity index (χ1v) is 30.0. The van der Waals surface area contributed by atoms with Crippen molar-refractivity contribution in [2.24, 2.45) is 20.8 Å². The quantitative estimate of drug-likeness (QED) is 0.0456. The Labute approximate surface area is 516 Å². The molecule has 10 rings (SSSR count). The van der Waals surface area contributed by atoms with Gasteiger partial charge < -0.3 is 49.9 Å². The first kappa shape index (κ1) is 64.2. The molecule has 4 atom stereocenters. The van der Waals surface area contributed by atoms with Crippen molar-refractivity contribution >= 4 is 93.5 Å². The molecule has 4 aromatic rings. The van der Waals surface area contributed by atoms with Crippen molar-refractivity contribution in [2.75, 3.05) is 92.3 Å². The molecule has 466 valence electrons. The average Bonchev–Trinajstić information content (AvgIpc) is 1.80. The number of carbonyl (C=O) groups excluding carboxylic acids is 4. The van der Waals surface area contributed by atoms with E-state index in [2.05, 4.69) is 40.4 Å². The number of halogens is 6. The lowest BCUT2D eigenvalue weighted by molar-refractivity contribution is -0.148. The highest BCUT2D eigenvalue weighted by molar-refractivity contribution is 7.12. The zero-order chi connectivity index (χ0) is 63.2. The molecule has 4 amide bonds. The molecule has 0 saturated carbocycles. The van der Waals surface area contributed by atoms with Crippen molar-refractivity contribution in [1.29, 1.82) is 0 Å². The molecule has 4 saturated heterocycles. The molecule has 8 heterocycles. The van der Waals surface area contributed by atoms with Crippen LogP contribution >= 0.6 is 45.9 Å². The van der Waals surface area contributed by atoms with Crippen LogP contribution < -0.4 is 10.6 Å². The number of methoxy groups -OCH3 is 1. The zero-order valence-corrected chi connectivity index (χ0v) is 51.8. The van der Waals surface area contributed by atoms with E-state index < -0.39 is 91.2 Å². The largest absolute Gasteiger partial charge is 0.481 e. The van der Waals surface area contributed by atoms with E-state index in [0.29, 0.717) is 85.4 Å². The number of aliphatic imine (C=N–C) groups is 2. The minimum atomic E-state index is -1.25. The van der Waals surface area contributed by atoms with Crippen LogP contribution in [0.5, 0.6) is 0 Å². The van der Waals surface area contributed by atoms with Gasteiger partial charge in [-0.15, -0.1) is 22.7 Å². The summed E-state index contributed by atoms with van der Waals surface area (Å²) in [6.45, 7) is 15.7. The zero-order valence-electron chi connectivity index (χ0n) is 48.7. The Morgan fingerprint density at radius 2 is 1.07 bits per heavy atom. The maximum atomic E-state index is 14.6. The highest BCUT2D eigenvalue weighted by Gasteiger charge is 2.53. The summed E-state index contributed by atoms with van der Waals surface area (Å²) in [4.78, 5) is 106. The first-order valence-electron chi connectivity index (χ1n) is 27.5. The van der Waals surface area contributed by atoms with Gasteiger partial charge in [0.15, 0.2) is 45.0 Å². The molecule has 22 nitrogen and oxygen atoms in total. The predicted octanol–water partition coefficient (Wildman–Crippen LogP) is 7.42. The number of nitrogens with zero attached hydrogens (tertiary/aromatic N) is 10. The van der Waals surface area contributed by atoms with Crippen LogP contribution in [-0.4, -0.2) is 201 Å². The summed E-state index contributed by atoms with van der Waals surface area (Å²) < 4.78 is 67.7. The lowest BCUT2D eigenvalue weighted by Crippen LogP contribution is -2.60. The molecule has 6 aliphatic rings. The molecule has 2 aromatic heterocycles. The van der Waals surface area contributed by atoms with Gasteiger partial charge in [-0.3, -0.25) is 29.4 Å². The smallest absolute Gasteiger partial charge is 0.338 e. The monoisotopic (exact) mass is 1290 g/mol. The summed E-state index contributed by atoms with van der Waals surface area (Å²) in [5, 5.41) is 29.2. The van der Waals surface area contributed by atoms with Crippen LogP contribution in [0.1, 0.15) is 81.7 Å². The molecule has 0 radical (unpaired) electrons. The van der Waals surface area contributed by atoms with Crippen LogP contribution in [0.2, 0.25) is 10.0 Å². The summed E-state index contributed by atoms with van der Waals surface area (Å²) in [7, 11) is 1.22. The van der Waals surface area contributed by atoms with Gasteiger partial charge in [0, 0.05) is 124 Å². The number of rotatable bonds is 17. The molecule has 6 aliphatic heterocycles. The summed E-state index contributed by atoms with van der Waals surface area (Å²) in [5.41, 5.74) is -2.28. The first-order chi connectivity index (χ1) is 41.0. The normalized spacial score (nSPS) is 22.7. The number of urea groups is 2. The van der Waals surface area contributed by atoms with Crippen molar-refractivity contribution < 1.29 is 66.0 Å². The van der Waals surface area contributed by atoms with Crippen LogP contribution in [0.4, 0.5) is 27.2 Å². The summed E-state index contributed by atoms with van der Waals surface area (Å²) >= 11 is 15.1. The SMILES string of the molecule is CCOC(=O)C1=C(CN2CCN3C(=O)N(CC(C)(C)C(=O)O)CC3(C)C2)NC(c2nccs2)=NC1c1ccc(F)c(F)c1Cl.COC(=O)C1=C(CN2CCN3C(=O)N(CC(C)(C)C(=O)O)CC3(C)C2)NC(c2nccs2)=NC1c1ccc(F)c(F)c1Cl. The molecular weight excluding hydrogens is 1220 g/mol. The maximum absolute atomic E-state index is 14.6. The Bertz CT molecular complexity index is 3540. The van der Waals surface area contributed by atoms with E-state index in [-0.39, 0.29) is 67.1 Å². The molecule has 4 fully saturated rings. The number of piperazine rings is 2. The number of benzene rings is 2. The molecule has 0 spiro atoms. The number of carboxylic acids is 2. The highest BCUT2D eigenvalue weighted by atomic mass is 35.5. The van der Waals surface area contributed by atoms with Gasteiger partial charge in [-0.25, -0.2) is 46.7 Å². The van der Waals surface area contributed by atoms with E-state index in [9.17, 15) is 56.5 Å². The highest BCUT2D eigenvalue weighted by Crippen LogP contribution is 2.42. The van der Waals surface area contributed by atoms with E-state index in [0.717, 1.165) is 12.1 Å². The number of nitrogens with one attached hydrogen (secondary N) is 2. The van der Waals surface area contributed by atoms with Gasteiger partial charge >= 0.3 is 35.9 Å². The number of aromatic nitrogens is 2. The summed E-state index contributed by atoms with van der Waals surface area (Å²) in [6.07, 6.45) is 3.19. The number of amidine groups is 2. The Hall–Kier alpha value is -7.24. The van der Waals surface area contributed by atoms with Crippen molar-refractivity contribution in [3.05, 3.63) is 124 Å². The molecule has 30 heteroatoms. The lowest BCUT2D eigenvalue weighted by Gasteiger charge is -2.44. The molecule has 4 N–H and O–H groups in total. The molecule has 2 aromatic carbocycles. The number of ether oxygens (including phenoxy) is 2. The van der Waals surface area contributed by atoms with Crippen molar-refractivity contribution in [1.82, 2.24) is 50.0 Å². The third-order valence-corrected chi connectivity index (χ3v) is 18.3. The van der Waals surface area contributed by atoms with Gasteiger partial charge in [-0.05, 0) is 60.6 Å². The van der Waals surface area contributed by atoms with Gasteiger partial charge in [-0.1, -0.05) is 35.3 Å². The summed E-state index contributed by atoms with van der Waals surface area (Å²) in [5.74, 6) is -7.49. The van der Waals surface area contributed by atoms with Gasteiger partial charge in [0.25, 0.3) is 0 Å². The second-order valence-corrected chi connectivity index (χ2v) is 26.1. The molecule has 87 heavy (non-hydrogen) atoms. The van der Waals surface area contributed by atoms with E-state index in [4.69, 9.17) is 32.7 Å². The number of aliphatic carboxylic acids is 2. The number of thiazole rings is 2. The van der Waals surface area contributed by atoms with Crippen molar-refractivity contribution in [3.8, 4) is 0 Å². The standard InChI is InChI=1S/C29H33ClF2N6O5S.C28H31ClF2N6O5S/c1-5-43-25(39)19-18(12-36-9-10-38-27(42)37(15-29(38,4)14-36)13-28(2,3)26(40)41)34-23(24-33-8-11-44-24)35-22(19)16-6-7-17(31)21(32)20(16)30;1-27(2,25(39)40)12-36-14-28(3)13-35(8-9-37(28)26(36)41)11-17-18(24(38)42-4)21(15-5-6-16(30)20(31)19(15)29)34-22(33-17)23-32-7-10-43-23/h6-8,11,22H,5,9-10,12-15H2,1-4H3,(H,34,35)(H,40,41);5-7,10,21H,8-9,11-14H2,1-4H3,(H,33,34)(H,39,40). The second kappa shape index (κ2) is 25.1. The Morgan fingerprint density at radius 1 is 0.667 bits per heavy atom. The fourth-order valence-electron chi connectivity index (χ4n) is 11.7. The van der Waals surface area contributed by atoms with E-state index in [1.165, 1.54) is 41.9 Å². The topological polar surface area (TPSA) is 255 Å². The number of carbonyl (C=O) groups is 6. The fraction of sp³-hybridized carbons (Fsp3) is 0.474. The third kappa shape index (κ3) is 12.9. The Morgan fingerprint density at radius 3 is 1.43 bits per heavy atom. The van der Waals surface area contributed by atoms with Crippen LogP contribution in [0, 0.1) is 34.1 Å². The maximum Gasteiger partial charge on any atom is 0.338 e. The van der Waals surface area contributed by atoms with E-state index >= 15 is 0 Å². The molecule has 4 unspecified atom stereocenters. The number of amides is 4. The fourth-order valence-corrected chi connectivity index (χ4v) is 13.4. The van der Waals surface area contributed by atoms with E-state index in [1.807, 2.05) is 13.8 Å². The number of hydrogen-bond acceptors (Lipinski definition) is 18. The molecule has 0 bridgehead atoms. The minimum Gasteiger partial charge on any atom is -0.481 e. The van der Waals surface area contributed by atoms with Crippen LogP contribution in [0.25, 0.3) is 0 Å². The molecule has 0 aliphatic carbocycles. The van der Waals surface area contributed by atoms with Crippen LogP contribution in [0.3, 0.4) is 0 Å². The summed E-state index contributed by atoms with van der Waals surface area (Å²) in [6, 6.07) is 1.79. The van der Waals surface area contributed by atoms with Gasteiger partial charge in [0.1, 0.15) is 12.1 Å². The van der Waals surface area contributed by atoms with Crippen LogP contribution in [-0.2, 0) is 28.7 Å². The number of fused-ring (bicyclic) bond motifs is 2. The number of hydrogen-bond donors (Lipinski definition) is 4. The van der Waals surface area contributed by atoms with E-state index in [1.54, 1.807) is 77.4 Å². The van der Waals surface area contributed by atoms with Gasteiger partial charge in [0.2, 0.25) is 0 Å². The Balaban J connectivity index is 0.000000208. The van der Waals surface area contributed by atoms with Gasteiger partial charge in [-0.2, -0.15) is 0 Å². The Kier molecular flexibility index (Phi) is 18.5. The number of esters is 2. The van der Waals surface area contributed by atoms with Crippen molar-refractivity contribution in [2.45, 2.75) is 71.6 Å². The lowest BCUT2D eigenvalue weighted by atomic mass is 9.92.